The zero-order valence-corrected chi connectivity index (χ0v) is 17.6. The second kappa shape index (κ2) is 8.62. The molecule has 0 amide bonds. The minimum atomic E-state index is -0.806. The number of fused-ring (bicyclic) bond motifs is 1. The molecule has 2 N–H and O–H groups in total. The van der Waals surface area contributed by atoms with Crippen molar-refractivity contribution < 1.29 is 14.6 Å². The third-order valence-corrected chi connectivity index (χ3v) is 5.33. The molecule has 0 saturated carbocycles. The molecule has 0 spiro atoms. The minimum Gasteiger partial charge on any atom is -0.490 e. The molecule has 0 radical (unpaired) electrons. The zero-order chi connectivity index (χ0) is 22.0. The molecule has 7 nitrogen and oxygen atoms in total. The van der Waals surface area contributed by atoms with Crippen LogP contribution in [0.5, 0.6) is 5.75 Å². The monoisotopic (exact) mass is 416 g/mol. The first-order chi connectivity index (χ1) is 14.9. The van der Waals surface area contributed by atoms with E-state index in [0.29, 0.717) is 24.4 Å². The summed E-state index contributed by atoms with van der Waals surface area (Å²) in [4.78, 5) is 13.0. The van der Waals surface area contributed by atoms with Crippen LogP contribution in [0.2, 0.25) is 0 Å². The predicted molar refractivity (Wildman–Crippen MR) is 117 cm³/mol. The fourth-order valence-corrected chi connectivity index (χ4v) is 3.99. The molecule has 0 atom stereocenters. The van der Waals surface area contributed by atoms with Crippen molar-refractivity contribution in [2.24, 2.45) is 0 Å². The average molecular weight is 416 g/mol. The first-order valence-corrected chi connectivity index (χ1v) is 10.3. The lowest BCUT2D eigenvalue weighted by molar-refractivity contribution is -0.138. The summed E-state index contributed by atoms with van der Waals surface area (Å²) in [5, 5.41) is 26.2. The fourth-order valence-electron chi connectivity index (χ4n) is 3.99. The number of carbonyl (C=O) groups is 1. The molecule has 1 aliphatic rings. The predicted octanol–water partition coefficient (Wildman–Crippen LogP) is 3.85. The molecule has 4 rings (SSSR count). The first kappa shape index (κ1) is 20.6. The summed E-state index contributed by atoms with van der Waals surface area (Å²) < 4.78 is 5.71. The van der Waals surface area contributed by atoms with Crippen LogP contribution in [0.15, 0.2) is 42.5 Å². The Morgan fingerprint density at radius 1 is 1.32 bits per heavy atom. The molecule has 0 aliphatic carbocycles. The van der Waals surface area contributed by atoms with Crippen molar-refractivity contribution in [3.8, 4) is 34.3 Å². The van der Waals surface area contributed by atoms with Gasteiger partial charge in [0.15, 0.2) is 0 Å². The van der Waals surface area contributed by atoms with Crippen molar-refractivity contribution in [3.63, 3.8) is 0 Å². The molecule has 1 aliphatic heterocycles. The van der Waals surface area contributed by atoms with Gasteiger partial charge in [0.25, 0.3) is 0 Å². The van der Waals surface area contributed by atoms with Gasteiger partial charge >= 0.3 is 5.97 Å². The average Bonchev–Trinajstić information content (AvgIpc) is 3.22. The maximum atomic E-state index is 11.0. The van der Waals surface area contributed by atoms with Crippen LogP contribution >= 0.6 is 0 Å². The molecule has 1 aromatic heterocycles. The van der Waals surface area contributed by atoms with Gasteiger partial charge in [0.05, 0.1) is 29.6 Å². The summed E-state index contributed by atoms with van der Waals surface area (Å²) >= 11 is 0. The Morgan fingerprint density at radius 3 is 2.90 bits per heavy atom. The second-order valence-electron chi connectivity index (χ2n) is 7.95. The van der Waals surface area contributed by atoms with Crippen molar-refractivity contribution in [2.45, 2.75) is 32.9 Å². The minimum absolute atomic E-state index is 0.00869. The van der Waals surface area contributed by atoms with E-state index in [9.17, 15) is 10.1 Å². The molecule has 0 saturated heterocycles. The molecule has 7 heteroatoms. The number of aliphatic carboxylic acids is 1. The lowest BCUT2D eigenvalue weighted by Gasteiger charge is -2.28. The van der Waals surface area contributed by atoms with Crippen LogP contribution in [0.3, 0.4) is 0 Å². The van der Waals surface area contributed by atoms with Crippen LogP contribution in [0.4, 0.5) is 0 Å². The van der Waals surface area contributed by atoms with E-state index in [-0.39, 0.29) is 12.6 Å². The third-order valence-electron chi connectivity index (χ3n) is 5.33. The number of H-pyrrole nitrogens is 1. The molecule has 158 valence electrons. The van der Waals surface area contributed by atoms with Crippen LogP contribution in [0, 0.1) is 11.3 Å². The molecule has 2 aromatic carbocycles. The van der Waals surface area contributed by atoms with Crippen molar-refractivity contribution in [2.75, 3.05) is 13.1 Å². The number of nitrogens with one attached hydrogen (secondary N) is 1. The maximum absolute atomic E-state index is 11.0. The van der Waals surface area contributed by atoms with E-state index >= 15 is 0 Å². The molecule has 2 heterocycles. The Balaban J connectivity index is 1.62. The smallest absolute Gasteiger partial charge is 0.317 e. The van der Waals surface area contributed by atoms with Gasteiger partial charge in [0, 0.05) is 24.2 Å². The van der Waals surface area contributed by atoms with Gasteiger partial charge in [0.2, 0.25) is 0 Å². The quantitative estimate of drug-likeness (QED) is 0.633. The molecular weight excluding hydrogens is 392 g/mol. The third kappa shape index (κ3) is 4.44. The highest BCUT2D eigenvalue weighted by Gasteiger charge is 2.21. The van der Waals surface area contributed by atoms with Crippen LogP contribution in [-0.2, 0) is 17.8 Å². The van der Waals surface area contributed by atoms with Gasteiger partial charge in [-0.25, -0.2) is 0 Å². The van der Waals surface area contributed by atoms with Gasteiger partial charge in [-0.3, -0.25) is 14.8 Å². The van der Waals surface area contributed by atoms with Crippen molar-refractivity contribution in [3.05, 3.63) is 59.2 Å². The lowest BCUT2D eigenvalue weighted by Crippen LogP contribution is -2.34. The van der Waals surface area contributed by atoms with E-state index in [1.165, 1.54) is 5.56 Å². The van der Waals surface area contributed by atoms with Gasteiger partial charge < -0.3 is 9.84 Å². The van der Waals surface area contributed by atoms with E-state index < -0.39 is 5.97 Å². The fraction of sp³-hybridized carbons (Fsp3) is 0.292. The van der Waals surface area contributed by atoms with Gasteiger partial charge in [-0.15, -0.1) is 0 Å². The number of rotatable bonds is 6. The largest absolute Gasteiger partial charge is 0.490 e. The number of carboxylic acids is 1. The van der Waals surface area contributed by atoms with Crippen LogP contribution in [0.25, 0.3) is 22.5 Å². The lowest BCUT2D eigenvalue weighted by atomic mass is 9.92. The number of benzene rings is 2. The van der Waals surface area contributed by atoms with Gasteiger partial charge in [0.1, 0.15) is 11.8 Å². The van der Waals surface area contributed by atoms with Gasteiger partial charge in [-0.1, -0.05) is 18.2 Å². The number of aromatic amines is 1. The Morgan fingerprint density at radius 2 is 2.16 bits per heavy atom. The van der Waals surface area contributed by atoms with Gasteiger partial charge in [-0.05, 0) is 55.7 Å². The SMILES string of the molecule is CC(C)Oc1ccc(-c2cc(-c3cccc4c3CCN(CC(=O)O)C4)[nH]n2)cc1C#N. The van der Waals surface area contributed by atoms with Crippen molar-refractivity contribution in [1.82, 2.24) is 15.1 Å². The summed E-state index contributed by atoms with van der Waals surface area (Å²) in [6, 6.07) is 15.8. The number of aromatic nitrogens is 2. The number of hydrogen-bond acceptors (Lipinski definition) is 5. The Kier molecular flexibility index (Phi) is 5.74. The first-order valence-electron chi connectivity index (χ1n) is 10.3. The molecular formula is C24H24N4O3. The van der Waals surface area contributed by atoms with E-state index in [0.717, 1.165) is 34.5 Å². The summed E-state index contributed by atoms with van der Waals surface area (Å²) in [7, 11) is 0. The summed E-state index contributed by atoms with van der Waals surface area (Å²) in [6.45, 7) is 5.24. The zero-order valence-electron chi connectivity index (χ0n) is 17.6. The Bertz CT molecular complexity index is 1160. The van der Waals surface area contributed by atoms with E-state index in [1.54, 1.807) is 6.07 Å². The standard InChI is InChI=1S/C24H24N4O3/c1-15(2)31-23-7-6-16(10-18(23)12-25)21-11-22(27-26-21)20-5-3-4-17-13-28(14-24(29)30)9-8-19(17)20/h3-7,10-11,15H,8-9,13-14H2,1-2H3,(H,26,27)(H,29,30). The number of nitriles is 1. The highest BCUT2D eigenvalue weighted by molar-refractivity contribution is 5.73. The molecule has 31 heavy (non-hydrogen) atoms. The Labute approximate surface area is 180 Å². The summed E-state index contributed by atoms with van der Waals surface area (Å²) in [5.74, 6) is -0.237. The van der Waals surface area contributed by atoms with Crippen LogP contribution in [-0.4, -0.2) is 45.4 Å². The number of carboxylic acid groups (broad SMARTS) is 1. The Hall–Kier alpha value is -3.63. The molecule has 0 fully saturated rings. The van der Waals surface area contributed by atoms with Crippen LogP contribution < -0.4 is 4.74 Å². The van der Waals surface area contributed by atoms with Crippen LogP contribution in [0.1, 0.15) is 30.5 Å². The highest BCUT2D eigenvalue weighted by Crippen LogP contribution is 2.32. The summed E-state index contributed by atoms with van der Waals surface area (Å²) in [5.41, 5.74) is 6.41. The molecule has 0 bridgehead atoms. The number of nitrogens with zero attached hydrogens (tertiary/aromatic N) is 3. The van der Waals surface area contributed by atoms with Crippen molar-refractivity contribution >= 4 is 5.97 Å². The number of hydrogen-bond donors (Lipinski definition) is 2. The molecule has 3 aromatic rings. The number of ether oxygens (including phenoxy) is 1. The van der Waals surface area contributed by atoms with E-state index in [2.05, 4.69) is 28.4 Å². The topological polar surface area (TPSA) is 102 Å². The highest BCUT2D eigenvalue weighted by atomic mass is 16.5. The second-order valence-corrected chi connectivity index (χ2v) is 7.95. The van der Waals surface area contributed by atoms with Crippen molar-refractivity contribution in [1.29, 1.82) is 5.26 Å². The molecule has 0 unspecified atom stereocenters. The van der Waals surface area contributed by atoms with E-state index in [1.807, 2.05) is 43.0 Å². The van der Waals surface area contributed by atoms with E-state index in [4.69, 9.17) is 9.84 Å². The maximum Gasteiger partial charge on any atom is 0.317 e. The summed E-state index contributed by atoms with van der Waals surface area (Å²) in [6.07, 6.45) is 0.776. The van der Waals surface area contributed by atoms with Gasteiger partial charge in [-0.2, -0.15) is 10.4 Å². The normalized spacial score (nSPS) is 13.6.